The molecule has 0 fully saturated rings. The normalized spacial score (nSPS) is 20.0. The summed E-state index contributed by atoms with van der Waals surface area (Å²) in [4.78, 5) is 0. The van der Waals surface area contributed by atoms with Crippen molar-refractivity contribution in [1.82, 2.24) is 0 Å². The molecule has 0 aliphatic rings. The Morgan fingerprint density at radius 1 is 0.667 bits per heavy atom. The van der Waals surface area contributed by atoms with Crippen LogP contribution in [-0.4, -0.2) is 40.6 Å². The minimum absolute atomic E-state index is 0.0926. The monoisotopic (exact) mass is 282 g/mol. The van der Waals surface area contributed by atoms with Crippen LogP contribution in [0.15, 0.2) is 0 Å². The molecular weight excluding hydrogens is 248 g/mol. The summed E-state index contributed by atoms with van der Waals surface area (Å²) in [5.41, 5.74) is 21.2. The second kappa shape index (κ2) is 13.6. The molecule has 6 atom stereocenters. The Hall–Kier alpha value is 0.150. The molecule has 6 heteroatoms. The smallest absolute Gasteiger partial charge is 0.0660 e. The zero-order valence-corrected chi connectivity index (χ0v) is 13.6. The highest BCUT2D eigenvalue weighted by Crippen LogP contribution is 1.94. The van der Waals surface area contributed by atoms with E-state index in [-0.39, 0.29) is 30.3 Å². The number of thiol groups is 1. The lowest BCUT2D eigenvalue weighted by Crippen LogP contribution is -2.35. The van der Waals surface area contributed by atoms with Crippen LogP contribution >= 0.6 is 12.6 Å². The molecule has 5 nitrogen and oxygen atoms in total. The lowest BCUT2D eigenvalue weighted by molar-refractivity contribution is 0.170. The van der Waals surface area contributed by atoms with Crippen LogP contribution in [0.2, 0.25) is 0 Å². The van der Waals surface area contributed by atoms with Gasteiger partial charge in [0.1, 0.15) is 0 Å². The molecule has 18 heavy (non-hydrogen) atoms. The summed E-state index contributed by atoms with van der Waals surface area (Å²) in [7, 11) is 0. The lowest BCUT2D eigenvalue weighted by atomic mass is 10.2. The van der Waals surface area contributed by atoms with Crippen LogP contribution in [-0.2, 0) is 0 Å². The maximum atomic E-state index is 8.50. The van der Waals surface area contributed by atoms with Gasteiger partial charge in [0.25, 0.3) is 0 Å². The molecule has 9 N–H and O–H groups in total. The van der Waals surface area contributed by atoms with Gasteiger partial charge in [0.05, 0.1) is 6.10 Å². The largest absolute Gasteiger partial charge is 0.392 e. The topological polar surface area (TPSA) is 124 Å². The van der Waals surface area contributed by atoms with Crippen LogP contribution in [0.25, 0.3) is 0 Å². The van der Waals surface area contributed by atoms with Crippen molar-refractivity contribution >= 4 is 12.6 Å². The third-order valence-electron chi connectivity index (χ3n) is 2.35. The van der Waals surface area contributed by atoms with Crippen LogP contribution in [0.3, 0.4) is 0 Å². The number of nitrogens with two attached hydrogens (primary N) is 4. The Balaban J connectivity index is -0.000000187. The summed E-state index contributed by atoms with van der Waals surface area (Å²) in [5.74, 6) is 0. The standard InChI is InChI=1S/C4H12N2.C4H11NO.C4H11NS/c3*1-3(5)4(2)6/h3-4H,5-6H2,1-2H3;2*3-4,6H,5H2,1-2H3. The summed E-state index contributed by atoms with van der Waals surface area (Å²) >= 11 is 4.07. The highest BCUT2D eigenvalue weighted by Gasteiger charge is 1.98. The number of hydrogen-bond acceptors (Lipinski definition) is 6. The number of aliphatic hydroxyl groups is 1. The predicted molar refractivity (Wildman–Crippen MR) is 84.7 cm³/mol. The van der Waals surface area contributed by atoms with Gasteiger partial charge in [-0.05, 0) is 34.6 Å². The van der Waals surface area contributed by atoms with Gasteiger partial charge in [0.15, 0.2) is 0 Å². The zero-order valence-electron chi connectivity index (χ0n) is 12.7. The van der Waals surface area contributed by atoms with Crippen molar-refractivity contribution in [3.8, 4) is 0 Å². The van der Waals surface area contributed by atoms with E-state index in [1.54, 1.807) is 13.8 Å². The molecule has 0 spiro atoms. The average molecular weight is 282 g/mol. The van der Waals surface area contributed by atoms with Gasteiger partial charge in [-0.25, -0.2) is 0 Å². The van der Waals surface area contributed by atoms with E-state index in [0.29, 0.717) is 5.25 Å². The summed E-state index contributed by atoms with van der Waals surface area (Å²) in [6.45, 7) is 11.1. The minimum Gasteiger partial charge on any atom is -0.392 e. The van der Waals surface area contributed by atoms with E-state index < -0.39 is 0 Å². The van der Waals surface area contributed by atoms with Gasteiger partial charge in [-0.1, -0.05) is 6.92 Å². The van der Waals surface area contributed by atoms with Crippen molar-refractivity contribution in [2.45, 2.75) is 77.1 Å². The van der Waals surface area contributed by atoms with Crippen molar-refractivity contribution in [3.05, 3.63) is 0 Å². The Morgan fingerprint density at radius 2 is 0.833 bits per heavy atom. The number of rotatable bonds is 3. The zero-order chi connectivity index (χ0) is 15.5. The molecule has 0 heterocycles. The first-order chi connectivity index (χ1) is 7.93. The predicted octanol–water partition coefficient (Wildman–Crippen LogP) is 0.0471. The van der Waals surface area contributed by atoms with Crippen LogP contribution in [0, 0.1) is 0 Å². The van der Waals surface area contributed by atoms with E-state index in [1.807, 2.05) is 27.7 Å². The fraction of sp³-hybridized carbons (Fsp3) is 1.00. The van der Waals surface area contributed by atoms with Gasteiger partial charge in [-0.2, -0.15) is 12.6 Å². The Bertz CT molecular complexity index is 116. The molecule has 0 radical (unpaired) electrons. The Morgan fingerprint density at radius 3 is 0.833 bits per heavy atom. The summed E-state index contributed by atoms with van der Waals surface area (Å²) in [5, 5.41) is 8.83. The second-order valence-electron chi connectivity index (χ2n) is 4.92. The highest BCUT2D eigenvalue weighted by molar-refractivity contribution is 7.81. The SMILES string of the molecule is CC(N)C(C)N.CC(N)C(C)O.CC(N)C(C)S. The molecular formula is C12H34N4OS. The van der Waals surface area contributed by atoms with E-state index in [0.717, 1.165) is 0 Å². The lowest BCUT2D eigenvalue weighted by Gasteiger charge is -2.06. The average Bonchev–Trinajstić information content (AvgIpc) is 2.18. The number of aliphatic hydroxyl groups excluding tert-OH is 1. The first kappa shape index (κ1) is 23.3. The van der Waals surface area contributed by atoms with Gasteiger partial charge in [0.2, 0.25) is 0 Å². The highest BCUT2D eigenvalue weighted by atomic mass is 32.1. The third kappa shape index (κ3) is 25.1. The van der Waals surface area contributed by atoms with Crippen molar-refractivity contribution in [1.29, 1.82) is 0 Å². The number of hydrogen-bond donors (Lipinski definition) is 6. The van der Waals surface area contributed by atoms with Crippen molar-refractivity contribution < 1.29 is 5.11 Å². The van der Waals surface area contributed by atoms with Crippen LogP contribution in [0.1, 0.15) is 41.5 Å². The third-order valence-corrected chi connectivity index (χ3v) is 2.82. The molecule has 0 saturated carbocycles. The van der Waals surface area contributed by atoms with Crippen LogP contribution in [0.4, 0.5) is 0 Å². The molecule has 0 aromatic heterocycles. The fourth-order valence-corrected chi connectivity index (χ4v) is 0. The van der Waals surface area contributed by atoms with Gasteiger partial charge < -0.3 is 28.0 Å². The molecule has 114 valence electrons. The van der Waals surface area contributed by atoms with E-state index in [1.165, 1.54) is 0 Å². The van der Waals surface area contributed by atoms with Crippen molar-refractivity contribution in [2.75, 3.05) is 0 Å². The molecule has 0 amide bonds. The molecule has 6 unspecified atom stereocenters. The van der Waals surface area contributed by atoms with Crippen LogP contribution in [0.5, 0.6) is 0 Å². The van der Waals surface area contributed by atoms with Gasteiger partial charge in [-0.15, -0.1) is 0 Å². The first-order valence-corrected chi connectivity index (χ1v) is 6.83. The summed E-state index contributed by atoms with van der Waals surface area (Å²) in [6.07, 6.45) is -0.370. The van der Waals surface area contributed by atoms with Gasteiger partial charge in [0, 0.05) is 29.4 Å². The first-order valence-electron chi connectivity index (χ1n) is 6.31. The maximum Gasteiger partial charge on any atom is 0.0660 e. The minimum atomic E-state index is -0.370. The van der Waals surface area contributed by atoms with Gasteiger partial charge >= 0.3 is 0 Å². The van der Waals surface area contributed by atoms with E-state index in [4.69, 9.17) is 28.0 Å². The summed E-state index contributed by atoms with van der Waals surface area (Å²) in [6, 6.07) is 0.383. The fourth-order valence-electron chi connectivity index (χ4n) is 0. The quantitative estimate of drug-likeness (QED) is 0.408. The van der Waals surface area contributed by atoms with E-state index in [2.05, 4.69) is 12.6 Å². The maximum absolute atomic E-state index is 8.50. The molecule has 0 aromatic rings. The summed E-state index contributed by atoms with van der Waals surface area (Å²) < 4.78 is 0. The molecule has 0 bridgehead atoms. The van der Waals surface area contributed by atoms with Crippen molar-refractivity contribution in [3.63, 3.8) is 0 Å². The molecule has 0 aliphatic heterocycles. The Kier molecular flexibility index (Phi) is 17.5. The molecule has 0 saturated heterocycles. The molecule has 0 aromatic carbocycles. The van der Waals surface area contributed by atoms with E-state index >= 15 is 0 Å². The van der Waals surface area contributed by atoms with Crippen molar-refractivity contribution in [2.24, 2.45) is 22.9 Å². The molecule has 0 aliphatic carbocycles. The molecule has 0 rings (SSSR count). The Labute approximate surface area is 118 Å². The van der Waals surface area contributed by atoms with Crippen LogP contribution < -0.4 is 22.9 Å². The second-order valence-corrected chi connectivity index (χ2v) is 5.73. The van der Waals surface area contributed by atoms with Gasteiger partial charge in [-0.3, -0.25) is 0 Å². The van der Waals surface area contributed by atoms with E-state index in [9.17, 15) is 0 Å².